The summed E-state index contributed by atoms with van der Waals surface area (Å²) in [5.41, 5.74) is 0.946. The van der Waals surface area contributed by atoms with E-state index in [0.717, 1.165) is 18.4 Å². The number of aromatic amines is 1. The maximum absolute atomic E-state index is 12.1. The van der Waals surface area contributed by atoms with Crippen LogP contribution in [0.5, 0.6) is 0 Å². The molecule has 1 aromatic heterocycles. The summed E-state index contributed by atoms with van der Waals surface area (Å²) in [6.45, 7) is 1.92. The average molecular weight is 250 g/mol. The van der Waals surface area contributed by atoms with Gasteiger partial charge in [0.2, 0.25) is 5.91 Å². The maximum atomic E-state index is 12.1. The number of H-pyrrole nitrogens is 1. The van der Waals surface area contributed by atoms with E-state index in [2.05, 4.69) is 20.8 Å². The highest BCUT2D eigenvalue weighted by Gasteiger charge is 2.32. The molecular formula is C13H22N4O. The van der Waals surface area contributed by atoms with Crippen LogP contribution in [0.15, 0.2) is 6.20 Å². The van der Waals surface area contributed by atoms with Gasteiger partial charge in [-0.05, 0) is 26.8 Å². The van der Waals surface area contributed by atoms with E-state index < -0.39 is 0 Å². The number of aromatic nitrogens is 2. The maximum Gasteiger partial charge on any atom is 0.227 e. The first-order chi connectivity index (χ1) is 8.65. The lowest BCUT2D eigenvalue weighted by atomic mass is 9.79. The molecule has 1 heterocycles. The molecule has 0 unspecified atom stereocenters. The van der Waals surface area contributed by atoms with Gasteiger partial charge in [-0.2, -0.15) is 5.10 Å². The van der Waals surface area contributed by atoms with Gasteiger partial charge in [-0.15, -0.1) is 0 Å². The number of nitrogens with zero attached hydrogens (tertiary/aromatic N) is 1. The standard InChI is InChI=1S/C13H22N4O/c1-10-9-15-17-12(10)16-11(18)8-13(14-2)6-4-3-5-7-13/h9,14H,3-8H2,1-2H3,(H2,15,16,17,18). The molecule has 3 N–H and O–H groups in total. The van der Waals surface area contributed by atoms with Crippen LogP contribution in [0, 0.1) is 6.92 Å². The van der Waals surface area contributed by atoms with Crippen molar-refractivity contribution in [3.05, 3.63) is 11.8 Å². The van der Waals surface area contributed by atoms with Gasteiger partial charge in [0.05, 0.1) is 6.20 Å². The van der Waals surface area contributed by atoms with Crippen LogP contribution in [0.4, 0.5) is 5.82 Å². The van der Waals surface area contributed by atoms with Gasteiger partial charge in [-0.25, -0.2) is 0 Å². The molecule has 2 rings (SSSR count). The van der Waals surface area contributed by atoms with E-state index in [-0.39, 0.29) is 11.4 Å². The number of hydrogen-bond donors (Lipinski definition) is 3. The van der Waals surface area contributed by atoms with Crippen molar-refractivity contribution in [3.8, 4) is 0 Å². The molecule has 0 atom stereocenters. The number of anilines is 1. The van der Waals surface area contributed by atoms with E-state index in [4.69, 9.17) is 0 Å². The van der Waals surface area contributed by atoms with Gasteiger partial charge in [-0.3, -0.25) is 9.89 Å². The Kier molecular flexibility index (Phi) is 4.01. The Bertz CT molecular complexity index is 407. The number of aryl methyl sites for hydroxylation is 1. The molecule has 100 valence electrons. The molecule has 5 heteroatoms. The molecule has 18 heavy (non-hydrogen) atoms. The van der Waals surface area contributed by atoms with E-state index in [0.29, 0.717) is 12.2 Å². The lowest BCUT2D eigenvalue weighted by Crippen LogP contribution is -2.47. The minimum absolute atomic E-state index is 0.0176. The Balaban J connectivity index is 1.95. The van der Waals surface area contributed by atoms with E-state index in [1.807, 2.05) is 14.0 Å². The van der Waals surface area contributed by atoms with Gasteiger partial charge in [0.15, 0.2) is 0 Å². The van der Waals surface area contributed by atoms with Crippen molar-refractivity contribution >= 4 is 11.7 Å². The van der Waals surface area contributed by atoms with Crippen LogP contribution < -0.4 is 10.6 Å². The summed E-state index contributed by atoms with van der Waals surface area (Å²) in [6.07, 6.45) is 8.10. The molecule has 1 aliphatic carbocycles. The van der Waals surface area contributed by atoms with Crippen molar-refractivity contribution in [1.82, 2.24) is 15.5 Å². The zero-order chi connectivity index (χ0) is 13.0. The molecule has 1 saturated carbocycles. The van der Waals surface area contributed by atoms with Crippen LogP contribution >= 0.6 is 0 Å². The van der Waals surface area contributed by atoms with Crippen molar-refractivity contribution in [2.75, 3.05) is 12.4 Å². The lowest BCUT2D eigenvalue weighted by molar-refractivity contribution is -0.118. The molecule has 0 aliphatic heterocycles. The number of carbonyl (C=O) groups excluding carboxylic acids is 1. The molecule has 1 aromatic rings. The summed E-state index contributed by atoms with van der Waals surface area (Å²) in [5, 5.41) is 13.0. The summed E-state index contributed by atoms with van der Waals surface area (Å²) in [6, 6.07) is 0. The first-order valence-corrected chi connectivity index (χ1v) is 6.64. The van der Waals surface area contributed by atoms with E-state index in [1.54, 1.807) is 6.20 Å². The van der Waals surface area contributed by atoms with Crippen molar-refractivity contribution in [3.63, 3.8) is 0 Å². The first kappa shape index (κ1) is 13.1. The van der Waals surface area contributed by atoms with Crippen molar-refractivity contribution in [1.29, 1.82) is 0 Å². The average Bonchev–Trinajstić information content (AvgIpc) is 2.76. The van der Waals surface area contributed by atoms with Crippen molar-refractivity contribution in [2.24, 2.45) is 0 Å². The van der Waals surface area contributed by atoms with Gasteiger partial charge >= 0.3 is 0 Å². The highest BCUT2D eigenvalue weighted by atomic mass is 16.1. The van der Waals surface area contributed by atoms with Gasteiger partial charge in [0.1, 0.15) is 5.82 Å². The molecule has 0 bridgehead atoms. The normalized spacial score (nSPS) is 18.6. The third kappa shape index (κ3) is 2.90. The predicted octanol–water partition coefficient (Wildman–Crippen LogP) is 1.97. The lowest BCUT2D eigenvalue weighted by Gasteiger charge is -2.36. The molecule has 0 spiro atoms. The minimum atomic E-state index is -0.0176. The Hall–Kier alpha value is -1.36. The predicted molar refractivity (Wildman–Crippen MR) is 71.4 cm³/mol. The first-order valence-electron chi connectivity index (χ1n) is 6.64. The SMILES string of the molecule is CNC1(CC(=O)Nc2[nH]ncc2C)CCCCC1. The molecular weight excluding hydrogens is 228 g/mol. The van der Waals surface area contributed by atoms with E-state index in [1.165, 1.54) is 19.3 Å². The largest absolute Gasteiger partial charge is 0.314 e. The number of nitrogens with one attached hydrogen (secondary N) is 3. The second kappa shape index (κ2) is 5.52. The fourth-order valence-corrected chi connectivity index (χ4v) is 2.71. The topological polar surface area (TPSA) is 69.8 Å². The smallest absolute Gasteiger partial charge is 0.227 e. The Labute approximate surface area is 108 Å². The molecule has 1 aliphatic rings. The summed E-state index contributed by atoms with van der Waals surface area (Å²) < 4.78 is 0. The molecule has 1 amide bonds. The van der Waals surface area contributed by atoms with Gasteiger partial charge in [0, 0.05) is 17.5 Å². The van der Waals surface area contributed by atoms with Crippen LogP contribution in [0.25, 0.3) is 0 Å². The van der Waals surface area contributed by atoms with E-state index in [9.17, 15) is 4.79 Å². The van der Waals surface area contributed by atoms with Gasteiger partial charge in [-0.1, -0.05) is 19.3 Å². The number of carbonyl (C=O) groups is 1. The van der Waals surface area contributed by atoms with Gasteiger partial charge in [0.25, 0.3) is 0 Å². The third-order valence-electron chi connectivity index (χ3n) is 3.93. The quantitative estimate of drug-likeness (QED) is 0.765. The fraction of sp³-hybridized carbons (Fsp3) is 0.692. The highest BCUT2D eigenvalue weighted by molar-refractivity contribution is 5.91. The summed E-state index contributed by atoms with van der Waals surface area (Å²) in [7, 11) is 1.96. The Morgan fingerprint density at radius 3 is 2.72 bits per heavy atom. The molecule has 5 nitrogen and oxygen atoms in total. The van der Waals surface area contributed by atoms with E-state index >= 15 is 0 Å². The van der Waals surface area contributed by atoms with Crippen molar-refractivity contribution < 1.29 is 4.79 Å². The second-order valence-corrected chi connectivity index (χ2v) is 5.24. The fourth-order valence-electron chi connectivity index (χ4n) is 2.71. The molecule has 0 aromatic carbocycles. The zero-order valence-electron chi connectivity index (χ0n) is 11.2. The Morgan fingerprint density at radius 1 is 1.44 bits per heavy atom. The highest BCUT2D eigenvalue weighted by Crippen LogP contribution is 2.31. The monoisotopic (exact) mass is 250 g/mol. The molecule has 0 radical (unpaired) electrons. The summed E-state index contributed by atoms with van der Waals surface area (Å²) >= 11 is 0. The minimum Gasteiger partial charge on any atom is -0.314 e. The Morgan fingerprint density at radius 2 is 2.17 bits per heavy atom. The molecule has 1 fully saturated rings. The van der Waals surface area contributed by atoms with Crippen LogP contribution in [0.1, 0.15) is 44.1 Å². The number of hydrogen-bond acceptors (Lipinski definition) is 3. The second-order valence-electron chi connectivity index (χ2n) is 5.24. The summed E-state index contributed by atoms with van der Waals surface area (Å²) in [5.74, 6) is 0.765. The number of rotatable bonds is 4. The van der Waals surface area contributed by atoms with Crippen LogP contribution in [-0.4, -0.2) is 28.7 Å². The number of amides is 1. The van der Waals surface area contributed by atoms with Crippen LogP contribution in [-0.2, 0) is 4.79 Å². The third-order valence-corrected chi connectivity index (χ3v) is 3.93. The van der Waals surface area contributed by atoms with Crippen LogP contribution in [0.3, 0.4) is 0 Å². The van der Waals surface area contributed by atoms with Gasteiger partial charge < -0.3 is 10.6 Å². The molecule has 0 saturated heterocycles. The zero-order valence-corrected chi connectivity index (χ0v) is 11.2. The summed E-state index contributed by atoms with van der Waals surface area (Å²) in [4.78, 5) is 12.1. The van der Waals surface area contributed by atoms with Crippen molar-refractivity contribution in [2.45, 2.75) is 51.0 Å². The van der Waals surface area contributed by atoms with Crippen LogP contribution in [0.2, 0.25) is 0 Å².